The highest BCUT2D eigenvalue weighted by Crippen LogP contribution is 2.27. The fourth-order valence-electron chi connectivity index (χ4n) is 3.88. The minimum Gasteiger partial charge on any atom is -0.0616 e. The summed E-state index contributed by atoms with van der Waals surface area (Å²) in [7, 11) is 0. The van der Waals surface area contributed by atoms with Gasteiger partial charge in [0.1, 0.15) is 0 Å². The van der Waals surface area contributed by atoms with Crippen molar-refractivity contribution in [2.75, 3.05) is 0 Å². The predicted octanol–water partition coefficient (Wildman–Crippen LogP) is 8.41. The number of hydrogen-bond donors (Lipinski definition) is 0. The van der Waals surface area contributed by atoms with E-state index in [1.54, 1.807) is 0 Å². The first kappa shape index (κ1) is 19.9. The number of benzene rings is 4. The maximum atomic E-state index is 2.27. The highest BCUT2D eigenvalue weighted by atomic mass is 14.1. The molecule has 0 saturated carbocycles. The van der Waals surface area contributed by atoms with Gasteiger partial charge in [0.2, 0.25) is 0 Å². The summed E-state index contributed by atoms with van der Waals surface area (Å²) in [5.41, 5.74) is 10.2. The summed E-state index contributed by atoms with van der Waals surface area (Å²) in [6.45, 7) is 8.63. The van der Waals surface area contributed by atoms with Gasteiger partial charge >= 0.3 is 0 Å². The zero-order chi connectivity index (χ0) is 21.1. The van der Waals surface area contributed by atoms with Crippen LogP contribution in [-0.4, -0.2) is 0 Å². The fraction of sp³-hybridized carbons (Fsp3) is 0.133. The van der Waals surface area contributed by atoms with Gasteiger partial charge in [-0.3, -0.25) is 0 Å². The minimum atomic E-state index is 1.23. The highest BCUT2D eigenvalue weighted by Gasteiger charge is 2.04. The first-order chi connectivity index (χ1) is 14.5. The molecule has 0 saturated heterocycles. The molecule has 0 bridgehead atoms. The van der Waals surface area contributed by atoms with E-state index in [4.69, 9.17) is 0 Å². The minimum absolute atomic E-state index is 1.23. The van der Waals surface area contributed by atoms with Crippen LogP contribution in [-0.2, 0) is 0 Å². The normalized spacial score (nSPS) is 11.7. The van der Waals surface area contributed by atoms with Crippen molar-refractivity contribution < 1.29 is 0 Å². The maximum Gasteiger partial charge on any atom is -0.0105 e. The maximum absolute atomic E-state index is 2.27. The van der Waals surface area contributed by atoms with Crippen LogP contribution in [0.15, 0.2) is 72.8 Å². The largest absolute Gasteiger partial charge is 0.0616 e. The van der Waals surface area contributed by atoms with Crippen LogP contribution in [0.3, 0.4) is 0 Å². The molecule has 0 radical (unpaired) electrons. The van der Waals surface area contributed by atoms with Crippen LogP contribution in [0, 0.1) is 27.7 Å². The molecule has 0 fully saturated rings. The summed E-state index contributed by atoms with van der Waals surface area (Å²) >= 11 is 0. The van der Waals surface area contributed by atoms with Crippen LogP contribution < -0.4 is 0 Å². The fourth-order valence-corrected chi connectivity index (χ4v) is 3.88. The third kappa shape index (κ3) is 4.28. The molecule has 0 aliphatic carbocycles. The monoisotopic (exact) mass is 388 g/mol. The van der Waals surface area contributed by atoms with E-state index in [9.17, 15) is 0 Å². The molecule has 0 atom stereocenters. The van der Waals surface area contributed by atoms with E-state index in [0.29, 0.717) is 0 Å². The third-order valence-corrected chi connectivity index (χ3v) is 5.75. The molecule has 0 heteroatoms. The summed E-state index contributed by atoms with van der Waals surface area (Å²) in [5, 5.41) is 2.55. The Kier molecular flexibility index (Phi) is 5.68. The second kappa shape index (κ2) is 8.55. The lowest BCUT2D eigenvalue weighted by Gasteiger charge is -2.09. The van der Waals surface area contributed by atoms with Gasteiger partial charge in [-0.15, -0.1) is 0 Å². The van der Waals surface area contributed by atoms with Crippen molar-refractivity contribution in [2.24, 2.45) is 0 Å². The summed E-state index contributed by atoms with van der Waals surface area (Å²) < 4.78 is 0. The smallest absolute Gasteiger partial charge is 0.0105 e. The van der Waals surface area contributed by atoms with Crippen LogP contribution in [0.25, 0.3) is 35.1 Å². The van der Waals surface area contributed by atoms with Crippen molar-refractivity contribution in [3.8, 4) is 0 Å². The molecule has 0 unspecified atom stereocenters. The second-order valence-electron chi connectivity index (χ2n) is 8.18. The lowest BCUT2D eigenvalue weighted by molar-refractivity contribution is 1.38. The second-order valence-corrected chi connectivity index (χ2v) is 8.18. The van der Waals surface area contributed by atoms with Crippen molar-refractivity contribution >= 4 is 35.1 Å². The SMILES string of the molecule is Cc1ccc(C)c(C=Cc2ccc3ccccc3c2C=Cc2cc(C)ccc2C)c1. The molecule has 30 heavy (non-hydrogen) atoms. The van der Waals surface area contributed by atoms with E-state index in [0.717, 1.165) is 0 Å². The van der Waals surface area contributed by atoms with Crippen LogP contribution in [0.5, 0.6) is 0 Å². The van der Waals surface area contributed by atoms with Crippen LogP contribution in [0.1, 0.15) is 44.5 Å². The van der Waals surface area contributed by atoms with Gasteiger partial charge < -0.3 is 0 Å². The molecule has 0 nitrogen and oxygen atoms in total. The molecule has 4 aromatic carbocycles. The van der Waals surface area contributed by atoms with Crippen LogP contribution in [0.2, 0.25) is 0 Å². The van der Waals surface area contributed by atoms with Gasteiger partial charge in [0.05, 0.1) is 0 Å². The number of fused-ring (bicyclic) bond motifs is 1. The molecule has 0 aromatic heterocycles. The van der Waals surface area contributed by atoms with Gasteiger partial charge in [-0.2, -0.15) is 0 Å². The van der Waals surface area contributed by atoms with Crippen molar-refractivity contribution in [1.29, 1.82) is 0 Å². The molecule has 0 aliphatic rings. The van der Waals surface area contributed by atoms with Crippen molar-refractivity contribution in [1.82, 2.24) is 0 Å². The lowest BCUT2D eigenvalue weighted by Crippen LogP contribution is -1.87. The Balaban J connectivity index is 1.82. The first-order valence-electron chi connectivity index (χ1n) is 10.5. The lowest BCUT2D eigenvalue weighted by atomic mass is 9.96. The highest BCUT2D eigenvalue weighted by molar-refractivity contribution is 5.97. The van der Waals surface area contributed by atoms with E-state index >= 15 is 0 Å². The van der Waals surface area contributed by atoms with Crippen molar-refractivity contribution in [3.05, 3.63) is 117 Å². The molecule has 4 rings (SSSR count). The third-order valence-electron chi connectivity index (χ3n) is 5.75. The number of rotatable bonds is 4. The van der Waals surface area contributed by atoms with Crippen molar-refractivity contribution in [3.63, 3.8) is 0 Å². The molecule has 0 heterocycles. The average molecular weight is 389 g/mol. The number of aryl methyl sites for hydroxylation is 4. The van der Waals surface area contributed by atoms with Crippen LogP contribution in [0.4, 0.5) is 0 Å². The summed E-state index contributed by atoms with van der Waals surface area (Å²) in [5.74, 6) is 0. The molecular formula is C30H28. The Bertz CT molecular complexity index is 1270. The first-order valence-corrected chi connectivity index (χ1v) is 10.5. The van der Waals surface area contributed by atoms with Gasteiger partial charge in [0, 0.05) is 0 Å². The zero-order valence-electron chi connectivity index (χ0n) is 18.2. The van der Waals surface area contributed by atoms with E-state index < -0.39 is 0 Å². The Morgan fingerprint density at radius 2 is 1.07 bits per heavy atom. The quantitative estimate of drug-likeness (QED) is 0.308. The summed E-state index contributed by atoms with van der Waals surface area (Å²) in [6.07, 6.45) is 9.00. The molecule has 0 spiro atoms. The molecule has 148 valence electrons. The van der Waals surface area contributed by atoms with E-state index in [2.05, 4.69) is 125 Å². The van der Waals surface area contributed by atoms with E-state index in [1.165, 1.54) is 55.3 Å². The summed E-state index contributed by atoms with van der Waals surface area (Å²) in [6, 6.07) is 26.3. The van der Waals surface area contributed by atoms with Gasteiger partial charge in [0.25, 0.3) is 0 Å². The predicted molar refractivity (Wildman–Crippen MR) is 134 cm³/mol. The van der Waals surface area contributed by atoms with Gasteiger partial charge in [-0.05, 0) is 71.8 Å². The topological polar surface area (TPSA) is 0 Å². The van der Waals surface area contributed by atoms with Crippen LogP contribution >= 0.6 is 0 Å². The van der Waals surface area contributed by atoms with E-state index in [1.807, 2.05) is 0 Å². The molecule has 4 aromatic rings. The molecule has 0 amide bonds. The van der Waals surface area contributed by atoms with Crippen molar-refractivity contribution in [2.45, 2.75) is 27.7 Å². The van der Waals surface area contributed by atoms with Gasteiger partial charge in [-0.25, -0.2) is 0 Å². The Morgan fingerprint density at radius 3 is 1.73 bits per heavy atom. The molecule has 0 aliphatic heterocycles. The average Bonchev–Trinajstić information content (AvgIpc) is 2.75. The number of hydrogen-bond acceptors (Lipinski definition) is 0. The van der Waals surface area contributed by atoms with Gasteiger partial charge in [-0.1, -0.05) is 108 Å². The van der Waals surface area contributed by atoms with E-state index in [-0.39, 0.29) is 0 Å². The zero-order valence-corrected chi connectivity index (χ0v) is 18.2. The Labute approximate surface area is 180 Å². The standard InChI is InChI=1S/C30H28/c1-21-9-11-23(3)27(19-21)16-15-26-14-13-25-7-5-6-8-29(25)30(26)18-17-28-20-22(2)10-12-24(28)4/h5-20H,1-4H3. The van der Waals surface area contributed by atoms with Gasteiger partial charge in [0.15, 0.2) is 0 Å². The summed E-state index contributed by atoms with van der Waals surface area (Å²) in [4.78, 5) is 0. The Morgan fingerprint density at radius 1 is 0.500 bits per heavy atom. The Hall–Kier alpha value is -3.38. The molecule has 0 N–H and O–H groups in total. The molecular weight excluding hydrogens is 360 g/mol.